The maximum Gasteiger partial charge on any atom is 0.433 e. The molecule has 2 heterocycles. The molecule has 2 aliphatic carbocycles. The Kier molecular flexibility index (Phi) is 9.39. The van der Waals surface area contributed by atoms with E-state index in [1.54, 1.807) is 13.0 Å². The molecule has 10 heteroatoms. The summed E-state index contributed by atoms with van der Waals surface area (Å²) >= 11 is 0. The minimum atomic E-state index is -4.57. The highest BCUT2D eigenvalue weighted by Crippen LogP contribution is 2.35. The number of rotatable bonds is 1. The van der Waals surface area contributed by atoms with Gasteiger partial charge >= 0.3 is 6.18 Å². The number of fused-ring (bicyclic) bond motifs is 1. The molecule has 2 fully saturated rings. The first-order chi connectivity index (χ1) is 14.6. The third kappa shape index (κ3) is 7.55. The number of allylic oxidation sites excluding steroid dienone is 2. The highest BCUT2D eigenvalue weighted by molar-refractivity contribution is 5.94. The number of nitrogens with zero attached hydrogens (tertiary/aromatic N) is 1. The summed E-state index contributed by atoms with van der Waals surface area (Å²) in [5, 5.41) is 18.1. The molecule has 1 aliphatic heterocycles. The van der Waals surface area contributed by atoms with Crippen molar-refractivity contribution in [2.45, 2.75) is 63.5 Å². The molecule has 0 radical (unpaired) electrons. The summed E-state index contributed by atoms with van der Waals surface area (Å²) in [7, 11) is 0. The highest BCUT2D eigenvalue weighted by Gasteiger charge is 2.33. The number of carbonyl (C=O) groups is 1. The van der Waals surface area contributed by atoms with Crippen LogP contribution in [0.4, 0.5) is 17.7 Å². The molecule has 0 aromatic carbocycles. The number of ketones is 1. The number of aliphatic hydroxyl groups excluding tert-OH is 2. The van der Waals surface area contributed by atoms with E-state index >= 15 is 0 Å². The quantitative estimate of drug-likeness (QED) is 0.634. The van der Waals surface area contributed by atoms with E-state index in [0.29, 0.717) is 30.6 Å². The highest BCUT2D eigenvalue weighted by atomic mass is 19.4. The van der Waals surface area contributed by atoms with Crippen molar-refractivity contribution in [3.8, 4) is 5.88 Å². The monoisotopic (exact) mass is 449 g/mol. The Morgan fingerprint density at radius 1 is 1.16 bits per heavy atom. The fourth-order valence-electron chi connectivity index (χ4n) is 3.66. The third-order valence-electron chi connectivity index (χ3n) is 5.46. The van der Waals surface area contributed by atoms with Crippen LogP contribution in [0.2, 0.25) is 0 Å². The van der Waals surface area contributed by atoms with Crippen molar-refractivity contribution in [2.24, 2.45) is 11.8 Å². The lowest BCUT2D eigenvalue weighted by Gasteiger charge is -2.29. The van der Waals surface area contributed by atoms with Gasteiger partial charge in [0, 0.05) is 23.1 Å². The summed E-state index contributed by atoms with van der Waals surface area (Å²) < 4.78 is 52.0. The van der Waals surface area contributed by atoms with Crippen molar-refractivity contribution in [3.05, 3.63) is 36.0 Å². The summed E-state index contributed by atoms with van der Waals surface area (Å²) in [5.74, 6) is 0.671. The molecule has 0 amide bonds. The van der Waals surface area contributed by atoms with Crippen molar-refractivity contribution in [1.29, 1.82) is 0 Å². The average Bonchev–Trinajstić information content (AvgIpc) is 3.13. The normalized spacial score (nSPS) is 29.8. The van der Waals surface area contributed by atoms with Crippen LogP contribution in [-0.4, -0.2) is 45.9 Å². The zero-order valence-electron chi connectivity index (χ0n) is 17.1. The van der Waals surface area contributed by atoms with Gasteiger partial charge in [0.25, 0.3) is 5.88 Å². The fraction of sp³-hybridized carbons (Fsp3) is 0.619. The number of pyridine rings is 1. The van der Waals surface area contributed by atoms with Crippen LogP contribution in [-0.2, 0) is 15.7 Å². The molecule has 0 bridgehead atoms. The van der Waals surface area contributed by atoms with Gasteiger partial charge in [-0.15, -0.1) is 0 Å². The maximum atomic E-state index is 11.9. The minimum Gasteiger partial charge on any atom is -0.390 e. The molecule has 1 saturated heterocycles. The van der Waals surface area contributed by atoms with Crippen LogP contribution in [0.25, 0.3) is 0 Å². The summed E-state index contributed by atoms with van der Waals surface area (Å²) in [6.45, 7) is 2.31. The van der Waals surface area contributed by atoms with Crippen LogP contribution >= 0.6 is 0 Å². The van der Waals surface area contributed by atoms with Gasteiger partial charge in [0.2, 0.25) is 0 Å². The van der Waals surface area contributed by atoms with E-state index in [1.807, 2.05) is 0 Å². The molecule has 2 N–H and O–H groups in total. The zero-order valence-corrected chi connectivity index (χ0v) is 17.1. The lowest BCUT2D eigenvalue weighted by molar-refractivity contribution is -0.142. The summed E-state index contributed by atoms with van der Waals surface area (Å²) in [6, 6.07) is 2.71. The standard InChI is InChI=1S/C9H12O.C6H3F4NO.C6H12O3/c10-9-6-5-7-3-1-2-4-8(7)9;7-6(8,9)4-2-1-3-5(11-4)12-10;1-4-6(8)5(7)2-3-9-4/h5-8H,1-4H2;1-3H;4-8H,2-3H2,1H3. The van der Waals surface area contributed by atoms with Gasteiger partial charge in [-0.1, -0.05) is 25.0 Å². The maximum absolute atomic E-state index is 11.9. The number of halogens is 4. The largest absolute Gasteiger partial charge is 0.433 e. The first-order valence-corrected chi connectivity index (χ1v) is 10.2. The molecule has 3 aliphatic rings. The molecule has 1 aromatic rings. The van der Waals surface area contributed by atoms with Crippen LogP contribution < -0.4 is 4.94 Å². The molecule has 1 saturated carbocycles. The topological polar surface area (TPSA) is 88.9 Å². The molecular weight excluding hydrogens is 422 g/mol. The molecule has 5 atom stereocenters. The fourth-order valence-corrected chi connectivity index (χ4v) is 3.66. The predicted molar refractivity (Wildman–Crippen MR) is 103 cm³/mol. The van der Waals surface area contributed by atoms with Crippen molar-refractivity contribution in [1.82, 2.24) is 4.98 Å². The van der Waals surface area contributed by atoms with Gasteiger partial charge in [-0.25, -0.2) is 4.98 Å². The Bertz CT molecular complexity index is 733. The second-order valence-corrected chi connectivity index (χ2v) is 7.67. The molecule has 174 valence electrons. The predicted octanol–water partition coefficient (Wildman–Crippen LogP) is 3.81. The SMILES string of the molecule is CC1OCCC(O)C1O.FOc1cccc(C(F)(F)F)n1.O=C1C=CC2CCCCC12. The number of carbonyl (C=O) groups excluding carboxylic acids is 1. The zero-order chi connectivity index (χ0) is 23.0. The number of alkyl halides is 3. The van der Waals surface area contributed by atoms with Crippen LogP contribution in [0.15, 0.2) is 30.4 Å². The molecule has 5 unspecified atom stereocenters. The van der Waals surface area contributed by atoms with Gasteiger partial charge in [0.15, 0.2) is 5.78 Å². The number of aromatic nitrogens is 1. The van der Waals surface area contributed by atoms with Crippen molar-refractivity contribution >= 4 is 5.78 Å². The third-order valence-corrected chi connectivity index (χ3v) is 5.46. The molecule has 4 rings (SSSR count). The number of aliphatic hydroxyl groups is 2. The Morgan fingerprint density at radius 3 is 2.45 bits per heavy atom. The second-order valence-electron chi connectivity index (χ2n) is 7.67. The summed E-state index contributed by atoms with van der Waals surface area (Å²) in [4.78, 5) is 17.0. The Labute approximate surface area is 177 Å². The van der Waals surface area contributed by atoms with Crippen LogP contribution in [0.5, 0.6) is 5.88 Å². The molecular formula is C21H27F4NO5. The Hall–Kier alpha value is -2.04. The summed E-state index contributed by atoms with van der Waals surface area (Å²) in [5.41, 5.74) is -1.18. The first-order valence-electron chi connectivity index (χ1n) is 10.2. The second kappa shape index (κ2) is 11.5. The van der Waals surface area contributed by atoms with E-state index in [2.05, 4.69) is 16.0 Å². The molecule has 1 aromatic heterocycles. The van der Waals surface area contributed by atoms with E-state index in [4.69, 9.17) is 14.9 Å². The smallest absolute Gasteiger partial charge is 0.390 e. The number of ether oxygens (including phenoxy) is 1. The van der Waals surface area contributed by atoms with Crippen LogP contribution in [0.1, 0.15) is 44.7 Å². The van der Waals surface area contributed by atoms with Crippen molar-refractivity contribution in [3.63, 3.8) is 0 Å². The van der Waals surface area contributed by atoms with E-state index in [-0.39, 0.29) is 6.10 Å². The van der Waals surface area contributed by atoms with Gasteiger partial charge < -0.3 is 14.9 Å². The Morgan fingerprint density at radius 2 is 1.87 bits per heavy atom. The average molecular weight is 449 g/mol. The van der Waals surface area contributed by atoms with Gasteiger partial charge in [0.05, 0.1) is 12.2 Å². The van der Waals surface area contributed by atoms with E-state index in [1.165, 1.54) is 19.3 Å². The van der Waals surface area contributed by atoms with E-state index in [0.717, 1.165) is 24.6 Å². The van der Waals surface area contributed by atoms with E-state index < -0.39 is 30.0 Å². The van der Waals surface area contributed by atoms with Gasteiger partial charge in [-0.3, -0.25) is 9.74 Å². The number of hydrogen-bond acceptors (Lipinski definition) is 6. The Balaban J connectivity index is 0.000000167. The van der Waals surface area contributed by atoms with Crippen molar-refractivity contribution in [2.75, 3.05) is 6.61 Å². The molecule has 31 heavy (non-hydrogen) atoms. The summed E-state index contributed by atoms with van der Waals surface area (Å²) in [6.07, 6.45) is 3.31. The number of hydrogen-bond donors (Lipinski definition) is 2. The van der Waals surface area contributed by atoms with Gasteiger partial charge in [-0.05, 0) is 44.2 Å². The lowest BCUT2D eigenvalue weighted by atomic mass is 9.81. The van der Waals surface area contributed by atoms with Gasteiger partial charge in [0.1, 0.15) is 11.8 Å². The first kappa shape index (κ1) is 25.2. The minimum absolute atomic E-state index is 0.214. The lowest BCUT2D eigenvalue weighted by Crippen LogP contribution is -2.42. The molecule has 0 spiro atoms. The van der Waals surface area contributed by atoms with Crippen molar-refractivity contribution < 1.29 is 42.4 Å². The van der Waals surface area contributed by atoms with Crippen LogP contribution in [0, 0.1) is 11.8 Å². The van der Waals surface area contributed by atoms with Gasteiger partial charge in [-0.2, -0.15) is 13.2 Å². The molecule has 6 nitrogen and oxygen atoms in total. The van der Waals surface area contributed by atoms with Crippen LogP contribution in [0.3, 0.4) is 0 Å². The van der Waals surface area contributed by atoms with E-state index in [9.17, 15) is 22.5 Å².